The third kappa shape index (κ3) is 5.54. The molecule has 3 N–H and O–H groups in total. The first-order valence-corrected chi connectivity index (χ1v) is 12.9. The number of anilines is 1. The standard InChI is InChI=1S/C29H37N3O3/c1-19-25-16-23(31-28(33)21-6-9-24(10-7-21)35-18-20-4-5-20)8-11-26(25)32(3)27(19)17-30-22-12-14-29(2,34)15-13-22/h6-11,16,20,22,30,34H,4-5,12-15,17-18H2,1-3H3,(H,31,33)/t22-,29-. The summed E-state index contributed by atoms with van der Waals surface area (Å²) in [6.45, 7) is 5.65. The SMILES string of the molecule is Cc1c(CN[C@H]2CC[C@](C)(O)CC2)n(C)c2ccc(NC(=O)c3ccc(OCC4CC4)cc3)cc12. The third-order valence-electron chi connectivity index (χ3n) is 7.78. The fourth-order valence-corrected chi connectivity index (χ4v) is 5.10. The van der Waals surface area contributed by atoms with E-state index >= 15 is 0 Å². The zero-order valence-corrected chi connectivity index (χ0v) is 21.1. The average Bonchev–Trinajstić information content (AvgIpc) is 3.65. The van der Waals surface area contributed by atoms with Crippen LogP contribution >= 0.6 is 0 Å². The molecule has 1 heterocycles. The Balaban J connectivity index is 1.24. The van der Waals surface area contributed by atoms with Crippen LogP contribution in [0.15, 0.2) is 42.5 Å². The predicted molar refractivity (Wildman–Crippen MR) is 140 cm³/mol. The topological polar surface area (TPSA) is 75.5 Å². The van der Waals surface area contributed by atoms with Gasteiger partial charge in [0.05, 0.1) is 12.2 Å². The van der Waals surface area contributed by atoms with E-state index in [4.69, 9.17) is 4.74 Å². The first-order chi connectivity index (χ1) is 16.8. The van der Waals surface area contributed by atoms with Crippen molar-refractivity contribution < 1.29 is 14.6 Å². The molecule has 0 spiro atoms. The molecular weight excluding hydrogens is 438 g/mol. The number of aliphatic hydroxyl groups is 1. The van der Waals surface area contributed by atoms with E-state index in [0.717, 1.165) is 61.2 Å². The van der Waals surface area contributed by atoms with Gasteiger partial charge in [0.1, 0.15) is 5.75 Å². The lowest BCUT2D eigenvalue weighted by molar-refractivity contribution is 0.0139. The number of aryl methyl sites for hydroxylation is 2. The molecular formula is C29H37N3O3. The molecule has 6 nitrogen and oxygen atoms in total. The number of hydrogen-bond acceptors (Lipinski definition) is 4. The average molecular weight is 476 g/mol. The number of hydrogen-bond donors (Lipinski definition) is 3. The van der Waals surface area contributed by atoms with Gasteiger partial charge in [0.15, 0.2) is 0 Å². The van der Waals surface area contributed by atoms with Crippen LogP contribution in [-0.2, 0) is 13.6 Å². The summed E-state index contributed by atoms with van der Waals surface area (Å²) in [6.07, 6.45) is 6.21. The molecule has 186 valence electrons. The molecule has 0 bridgehead atoms. The Morgan fingerprint density at radius 1 is 1.11 bits per heavy atom. The summed E-state index contributed by atoms with van der Waals surface area (Å²) < 4.78 is 8.01. The van der Waals surface area contributed by atoms with E-state index in [1.807, 2.05) is 37.3 Å². The second-order valence-corrected chi connectivity index (χ2v) is 10.7. The van der Waals surface area contributed by atoms with Gasteiger partial charge in [-0.05, 0) is 106 Å². The fourth-order valence-electron chi connectivity index (χ4n) is 5.10. The maximum atomic E-state index is 12.8. The molecule has 35 heavy (non-hydrogen) atoms. The molecule has 0 aliphatic heterocycles. The van der Waals surface area contributed by atoms with Gasteiger partial charge in [0.2, 0.25) is 0 Å². The minimum absolute atomic E-state index is 0.123. The molecule has 2 aromatic carbocycles. The molecule has 5 rings (SSSR count). The number of nitrogens with one attached hydrogen (secondary N) is 2. The number of amides is 1. The van der Waals surface area contributed by atoms with Gasteiger partial charge >= 0.3 is 0 Å². The second kappa shape index (κ2) is 9.67. The second-order valence-electron chi connectivity index (χ2n) is 10.7. The van der Waals surface area contributed by atoms with Crippen molar-refractivity contribution in [1.29, 1.82) is 0 Å². The van der Waals surface area contributed by atoms with Crippen molar-refractivity contribution in [2.24, 2.45) is 13.0 Å². The minimum Gasteiger partial charge on any atom is -0.493 e. The molecule has 6 heteroatoms. The Bertz CT molecular complexity index is 1200. The van der Waals surface area contributed by atoms with Crippen molar-refractivity contribution in [3.8, 4) is 5.75 Å². The third-order valence-corrected chi connectivity index (χ3v) is 7.78. The number of benzene rings is 2. The van der Waals surface area contributed by atoms with Crippen molar-refractivity contribution in [1.82, 2.24) is 9.88 Å². The molecule has 0 saturated heterocycles. The monoisotopic (exact) mass is 475 g/mol. The number of carbonyl (C=O) groups excluding carboxylic acids is 1. The van der Waals surface area contributed by atoms with Gasteiger partial charge in [0, 0.05) is 47.5 Å². The van der Waals surface area contributed by atoms with Crippen LogP contribution in [0.25, 0.3) is 10.9 Å². The van der Waals surface area contributed by atoms with E-state index in [0.29, 0.717) is 17.5 Å². The first-order valence-electron chi connectivity index (χ1n) is 12.9. The smallest absolute Gasteiger partial charge is 0.255 e. The highest BCUT2D eigenvalue weighted by Gasteiger charge is 2.28. The highest BCUT2D eigenvalue weighted by atomic mass is 16.5. The summed E-state index contributed by atoms with van der Waals surface area (Å²) in [5.41, 5.74) is 4.53. The maximum absolute atomic E-state index is 12.8. The van der Waals surface area contributed by atoms with Crippen LogP contribution in [0, 0.1) is 12.8 Å². The number of nitrogens with zero attached hydrogens (tertiary/aromatic N) is 1. The molecule has 2 aliphatic rings. The normalized spacial score (nSPS) is 22.3. The highest BCUT2D eigenvalue weighted by molar-refractivity contribution is 6.05. The van der Waals surface area contributed by atoms with Gasteiger partial charge in [0.25, 0.3) is 5.91 Å². The van der Waals surface area contributed by atoms with E-state index in [2.05, 4.69) is 41.3 Å². The first kappa shape index (κ1) is 23.9. The van der Waals surface area contributed by atoms with Crippen molar-refractivity contribution in [2.45, 2.75) is 70.6 Å². The summed E-state index contributed by atoms with van der Waals surface area (Å²) in [4.78, 5) is 12.8. The maximum Gasteiger partial charge on any atom is 0.255 e. The zero-order valence-electron chi connectivity index (χ0n) is 21.1. The van der Waals surface area contributed by atoms with E-state index in [1.165, 1.54) is 24.1 Å². The molecule has 0 atom stereocenters. The predicted octanol–water partition coefficient (Wildman–Crippen LogP) is 5.31. The Morgan fingerprint density at radius 2 is 1.83 bits per heavy atom. The van der Waals surface area contributed by atoms with E-state index in [9.17, 15) is 9.90 Å². The summed E-state index contributed by atoms with van der Waals surface area (Å²) in [5, 5.41) is 18.1. The van der Waals surface area contributed by atoms with Gasteiger partial charge in [-0.15, -0.1) is 0 Å². The lowest BCUT2D eigenvalue weighted by atomic mass is 9.83. The number of fused-ring (bicyclic) bond motifs is 1. The number of ether oxygens (including phenoxy) is 1. The van der Waals surface area contributed by atoms with Crippen LogP contribution in [-0.4, -0.2) is 33.8 Å². The molecule has 2 fully saturated rings. The molecule has 3 aromatic rings. The van der Waals surface area contributed by atoms with Gasteiger partial charge in [-0.25, -0.2) is 0 Å². The Hall–Kier alpha value is -2.83. The van der Waals surface area contributed by atoms with Gasteiger partial charge < -0.3 is 25.0 Å². The van der Waals surface area contributed by atoms with E-state index in [1.54, 1.807) is 0 Å². The van der Waals surface area contributed by atoms with E-state index in [-0.39, 0.29) is 5.91 Å². The number of carbonyl (C=O) groups is 1. The van der Waals surface area contributed by atoms with Crippen LogP contribution in [0.2, 0.25) is 0 Å². The molecule has 2 aliphatic carbocycles. The quantitative estimate of drug-likeness (QED) is 0.413. The number of rotatable bonds is 8. The van der Waals surface area contributed by atoms with Crippen molar-refractivity contribution in [3.05, 3.63) is 59.3 Å². The van der Waals surface area contributed by atoms with Crippen molar-refractivity contribution in [3.63, 3.8) is 0 Å². The van der Waals surface area contributed by atoms with Crippen LogP contribution in [0.5, 0.6) is 5.75 Å². The molecule has 0 radical (unpaired) electrons. The summed E-state index contributed by atoms with van der Waals surface area (Å²) in [7, 11) is 2.10. The molecule has 2 saturated carbocycles. The van der Waals surface area contributed by atoms with Crippen molar-refractivity contribution in [2.75, 3.05) is 11.9 Å². The summed E-state index contributed by atoms with van der Waals surface area (Å²) >= 11 is 0. The van der Waals surface area contributed by atoms with Crippen molar-refractivity contribution >= 4 is 22.5 Å². The Kier molecular flexibility index (Phi) is 6.60. The van der Waals surface area contributed by atoms with E-state index < -0.39 is 5.60 Å². The van der Waals surface area contributed by atoms with Gasteiger partial charge in [-0.2, -0.15) is 0 Å². The number of aromatic nitrogens is 1. The van der Waals surface area contributed by atoms with Crippen LogP contribution < -0.4 is 15.4 Å². The van der Waals surface area contributed by atoms with Crippen LogP contribution in [0.1, 0.15) is 67.1 Å². The highest BCUT2D eigenvalue weighted by Crippen LogP contribution is 2.31. The van der Waals surface area contributed by atoms with Crippen LogP contribution in [0.4, 0.5) is 5.69 Å². The van der Waals surface area contributed by atoms with Gasteiger partial charge in [-0.1, -0.05) is 0 Å². The summed E-state index contributed by atoms with van der Waals surface area (Å²) in [6, 6.07) is 13.9. The Morgan fingerprint density at radius 3 is 2.51 bits per heavy atom. The fraction of sp³-hybridized carbons (Fsp3) is 0.483. The lowest BCUT2D eigenvalue weighted by Crippen LogP contribution is -2.39. The molecule has 0 unspecified atom stereocenters. The summed E-state index contributed by atoms with van der Waals surface area (Å²) in [5.74, 6) is 1.40. The largest absolute Gasteiger partial charge is 0.493 e. The Labute approximate surface area is 207 Å². The van der Waals surface area contributed by atoms with Crippen LogP contribution in [0.3, 0.4) is 0 Å². The molecule has 1 amide bonds. The van der Waals surface area contributed by atoms with Gasteiger partial charge in [-0.3, -0.25) is 4.79 Å². The minimum atomic E-state index is -0.513. The zero-order chi connectivity index (χ0) is 24.6. The lowest BCUT2D eigenvalue weighted by Gasteiger charge is -2.33. The molecule has 1 aromatic heterocycles.